The summed E-state index contributed by atoms with van der Waals surface area (Å²) in [4.78, 5) is 25.4. The van der Waals surface area contributed by atoms with Gasteiger partial charge in [0.15, 0.2) is 0 Å². The van der Waals surface area contributed by atoms with Crippen molar-refractivity contribution >= 4 is 28.2 Å². The molecule has 116 valence electrons. The number of rotatable bonds is 5. The second kappa shape index (κ2) is 7.04. The molecule has 0 bridgehead atoms. The average molecular weight is 310 g/mol. The minimum absolute atomic E-state index is 0.0254. The maximum absolute atomic E-state index is 12.4. The van der Waals surface area contributed by atoms with Crippen molar-refractivity contribution in [3.8, 4) is 0 Å². The van der Waals surface area contributed by atoms with Crippen LogP contribution in [0.1, 0.15) is 36.0 Å². The van der Waals surface area contributed by atoms with Gasteiger partial charge in [0.05, 0.1) is 18.1 Å². The molecule has 2 N–H and O–H groups in total. The van der Waals surface area contributed by atoms with E-state index in [2.05, 4.69) is 17.6 Å². The van der Waals surface area contributed by atoms with Crippen LogP contribution in [0.5, 0.6) is 0 Å². The molecule has 1 aromatic heterocycles. The molecular weight excluding hydrogens is 288 g/mol. The van der Waals surface area contributed by atoms with E-state index in [0.29, 0.717) is 29.6 Å². The van der Waals surface area contributed by atoms with Crippen LogP contribution >= 0.6 is 11.3 Å². The first kappa shape index (κ1) is 16.0. The summed E-state index contributed by atoms with van der Waals surface area (Å²) in [5.41, 5.74) is 0.464. The first-order valence-electron chi connectivity index (χ1n) is 7.38. The van der Waals surface area contributed by atoms with E-state index in [0.717, 1.165) is 17.8 Å². The number of ether oxygens (including phenoxy) is 1. The number of aryl methyl sites for hydroxylation is 1. The Morgan fingerprint density at radius 2 is 2.19 bits per heavy atom. The van der Waals surface area contributed by atoms with E-state index < -0.39 is 0 Å². The number of amides is 1. The molecule has 0 saturated carbocycles. The summed E-state index contributed by atoms with van der Waals surface area (Å²) in [6.45, 7) is 7.72. The Morgan fingerprint density at radius 1 is 1.43 bits per heavy atom. The second-order valence-electron chi connectivity index (χ2n) is 5.26. The van der Waals surface area contributed by atoms with Gasteiger partial charge in [-0.2, -0.15) is 0 Å². The predicted molar refractivity (Wildman–Crippen MR) is 83.8 cm³/mol. The summed E-state index contributed by atoms with van der Waals surface area (Å²) in [7, 11) is 0. The Kier molecular flexibility index (Phi) is 5.36. The van der Waals surface area contributed by atoms with Gasteiger partial charge in [-0.1, -0.05) is 13.8 Å². The molecule has 1 amide bonds. The van der Waals surface area contributed by atoms with Gasteiger partial charge in [-0.15, -0.1) is 11.3 Å². The van der Waals surface area contributed by atoms with Crippen LogP contribution in [-0.4, -0.2) is 31.6 Å². The number of anilines is 1. The zero-order chi connectivity index (χ0) is 15.4. The quantitative estimate of drug-likeness (QED) is 0.819. The van der Waals surface area contributed by atoms with E-state index in [-0.39, 0.29) is 17.8 Å². The molecule has 21 heavy (non-hydrogen) atoms. The second-order valence-corrected chi connectivity index (χ2v) is 6.40. The van der Waals surface area contributed by atoms with Crippen LogP contribution in [0.3, 0.4) is 0 Å². The highest BCUT2D eigenvalue weighted by Crippen LogP contribution is 2.30. The van der Waals surface area contributed by atoms with E-state index in [9.17, 15) is 9.59 Å². The SMILES string of the molecule is CCOC(=O)c1cc(CC)sc1NC(=O)[C@@H]1CNC[C@H]1C. The number of hydrogen-bond acceptors (Lipinski definition) is 5. The Balaban J connectivity index is 2.16. The third-order valence-corrected chi connectivity index (χ3v) is 4.91. The number of esters is 1. The van der Waals surface area contributed by atoms with Crippen molar-refractivity contribution < 1.29 is 14.3 Å². The molecule has 1 aliphatic heterocycles. The fourth-order valence-electron chi connectivity index (χ4n) is 2.44. The maximum atomic E-state index is 12.4. The lowest BCUT2D eigenvalue weighted by atomic mass is 9.97. The van der Waals surface area contributed by atoms with Crippen molar-refractivity contribution in [2.45, 2.75) is 27.2 Å². The lowest BCUT2D eigenvalue weighted by Gasteiger charge is -2.14. The van der Waals surface area contributed by atoms with Crippen molar-refractivity contribution in [1.29, 1.82) is 0 Å². The molecule has 0 spiro atoms. The van der Waals surface area contributed by atoms with Crippen LogP contribution in [-0.2, 0) is 16.0 Å². The van der Waals surface area contributed by atoms with Gasteiger partial charge >= 0.3 is 5.97 Å². The molecule has 2 atom stereocenters. The van der Waals surface area contributed by atoms with Gasteiger partial charge in [-0.3, -0.25) is 4.79 Å². The first-order chi connectivity index (χ1) is 10.1. The number of carbonyl (C=O) groups excluding carboxylic acids is 2. The van der Waals surface area contributed by atoms with Crippen molar-refractivity contribution in [2.75, 3.05) is 25.0 Å². The fourth-order valence-corrected chi connectivity index (χ4v) is 3.42. The van der Waals surface area contributed by atoms with Gasteiger partial charge < -0.3 is 15.4 Å². The van der Waals surface area contributed by atoms with Crippen LogP contribution < -0.4 is 10.6 Å². The molecule has 5 nitrogen and oxygen atoms in total. The highest BCUT2D eigenvalue weighted by Gasteiger charge is 2.30. The predicted octanol–water partition coefficient (Wildman–Crippen LogP) is 2.28. The fraction of sp³-hybridized carbons (Fsp3) is 0.600. The molecule has 1 fully saturated rings. The van der Waals surface area contributed by atoms with E-state index >= 15 is 0 Å². The molecule has 2 rings (SSSR count). The van der Waals surface area contributed by atoms with Crippen LogP contribution in [0.2, 0.25) is 0 Å². The van der Waals surface area contributed by atoms with Crippen molar-refractivity contribution in [3.05, 3.63) is 16.5 Å². The zero-order valence-electron chi connectivity index (χ0n) is 12.7. The van der Waals surface area contributed by atoms with Crippen LogP contribution in [0, 0.1) is 11.8 Å². The molecule has 2 heterocycles. The number of carbonyl (C=O) groups is 2. The molecule has 1 aliphatic rings. The number of nitrogens with one attached hydrogen (secondary N) is 2. The Morgan fingerprint density at radius 3 is 2.76 bits per heavy atom. The summed E-state index contributed by atoms with van der Waals surface area (Å²) < 4.78 is 5.06. The van der Waals surface area contributed by atoms with Gasteiger partial charge in [0, 0.05) is 11.4 Å². The van der Waals surface area contributed by atoms with Gasteiger partial charge in [-0.05, 0) is 31.9 Å². The third-order valence-electron chi connectivity index (χ3n) is 3.72. The first-order valence-corrected chi connectivity index (χ1v) is 8.19. The van der Waals surface area contributed by atoms with E-state index in [1.54, 1.807) is 6.92 Å². The molecule has 0 aliphatic carbocycles. The van der Waals surface area contributed by atoms with Crippen LogP contribution in [0.15, 0.2) is 6.07 Å². The lowest BCUT2D eigenvalue weighted by molar-refractivity contribution is -0.120. The van der Waals surface area contributed by atoms with Crippen molar-refractivity contribution in [1.82, 2.24) is 5.32 Å². The van der Waals surface area contributed by atoms with Crippen LogP contribution in [0.25, 0.3) is 0 Å². The van der Waals surface area contributed by atoms with E-state index in [1.807, 2.05) is 13.0 Å². The van der Waals surface area contributed by atoms with E-state index in [1.165, 1.54) is 11.3 Å². The molecule has 6 heteroatoms. The Labute approximate surface area is 129 Å². The van der Waals surface area contributed by atoms with Gasteiger partial charge in [0.2, 0.25) is 5.91 Å². The number of thiophene rings is 1. The molecule has 0 unspecified atom stereocenters. The monoisotopic (exact) mass is 310 g/mol. The van der Waals surface area contributed by atoms with Gasteiger partial charge in [0.1, 0.15) is 5.00 Å². The number of hydrogen-bond donors (Lipinski definition) is 2. The highest BCUT2D eigenvalue weighted by molar-refractivity contribution is 7.16. The van der Waals surface area contributed by atoms with Crippen LogP contribution in [0.4, 0.5) is 5.00 Å². The molecule has 1 aromatic rings. The van der Waals surface area contributed by atoms with Gasteiger partial charge in [-0.25, -0.2) is 4.79 Å². The summed E-state index contributed by atoms with van der Waals surface area (Å²) in [5, 5.41) is 6.74. The largest absolute Gasteiger partial charge is 0.462 e. The van der Waals surface area contributed by atoms with Crippen molar-refractivity contribution in [2.24, 2.45) is 11.8 Å². The highest BCUT2D eigenvalue weighted by atomic mass is 32.1. The Hall–Kier alpha value is -1.40. The molecule has 0 radical (unpaired) electrons. The summed E-state index contributed by atoms with van der Waals surface area (Å²) >= 11 is 1.45. The van der Waals surface area contributed by atoms with Gasteiger partial charge in [0.25, 0.3) is 0 Å². The minimum atomic E-state index is -0.374. The minimum Gasteiger partial charge on any atom is -0.462 e. The van der Waals surface area contributed by atoms with Crippen molar-refractivity contribution in [3.63, 3.8) is 0 Å². The lowest BCUT2D eigenvalue weighted by Crippen LogP contribution is -2.28. The standard InChI is InChI=1S/C15H22N2O3S/c1-4-10-6-11(15(19)20-5-2)14(21-10)17-13(18)12-8-16-7-9(12)3/h6,9,12,16H,4-5,7-8H2,1-3H3,(H,17,18)/t9-,12-/m1/s1. The summed E-state index contributed by atoms with van der Waals surface area (Å²) in [6, 6.07) is 1.81. The Bertz CT molecular complexity index is 527. The molecule has 1 saturated heterocycles. The smallest absolute Gasteiger partial charge is 0.341 e. The maximum Gasteiger partial charge on any atom is 0.341 e. The summed E-state index contributed by atoms with van der Waals surface area (Å²) in [6.07, 6.45) is 0.828. The third kappa shape index (κ3) is 3.63. The zero-order valence-corrected chi connectivity index (χ0v) is 13.5. The average Bonchev–Trinajstić information content (AvgIpc) is 3.05. The topological polar surface area (TPSA) is 67.4 Å². The normalized spacial score (nSPS) is 21.3. The molecule has 0 aromatic carbocycles. The van der Waals surface area contributed by atoms with E-state index in [4.69, 9.17) is 4.74 Å². The summed E-state index contributed by atoms with van der Waals surface area (Å²) in [5.74, 6) is -0.141. The molecular formula is C15H22N2O3S.